The van der Waals surface area contributed by atoms with Gasteiger partial charge in [-0.05, 0) is 55.3 Å². The zero-order valence-electron chi connectivity index (χ0n) is 14.9. The Morgan fingerprint density at radius 3 is 2.59 bits per heavy atom. The van der Waals surface area contributed by atoms with Crippen molar-refractivity contribution >= 4 is 5.91 Å². The molecule has 1 amide bonds. The largest absolute Gasteiger partial charge is 0.338 e. The van der Waals surface area contributed by atoms with Gasteiger partial charge in [-0.15, -0.1) is 0 Å². The number of amides is 1. The van der Waals surface area contributed by atoms with Gasteiger partial charge in [0.25, 0.3) is 5.91 Å². The van der Waals surface area contributed by atoms with Crippen LogP contribution < -0.4 is 0 Å². The zero-order valence-corrected chi connectivity index (χ0v) is 14.9. The molecule has 0 saturated carbocycles. The fraction of sp³-hybridized carbons (Fsp3) is 0.227. The van der Waals surface area contributed by atoms with Crippen molar-refractivity contribution in [2.75, 3.05) is 13.1 Å². The van der Waals surface area contributed by atoms with Crippen LogP contribution >= 0.6 is 0 Å². The second kappa shape index (κ2) is 7.66. The number of rotatable bonds is 3. The highest BCUT2D eigenvalue weighted by Gasteiger charge is 2.26. The highest BCUT2D eigenvalue weighted by Crippen LogP contribution is 2.27. The lowest BCUT2D eigenvalue weighted by atomic mass is 9.94. The van der Waals surface area contributed by atoms with E-state index in [1.807, 2.05) is 41.3 Å². The molecule has 0 N–H and O–H groups in total. The Morgan fingerprint density at radius 1 is 1.04 bits per heavy atom. The van der Waals surface area contributed by atoms with Crippen LogP contribution in [-0.2, 0) is 0 Å². The summed E-state index contributed by atoms with van der Waals surface area (Å²) in [6.07, 6.45) is 3.66. The van der Waals surface area contributed by atoms with Gasteiger partial charge in [-0.1, -0.05) is 18.2 Å². The quantitative estimate of drug-likeness (QED) is 0.699. The van der Waals surface area contributed by atoms with Crippen LogP contribution in [0.15, 0.2) is 66.9 Å². The van der Waals surface area contributed by atoms with E-state index in [2.05, 4.69) is 4.98 Å². The minimum atomic E-state index is -0.280. The van der Waals surface area contributed by atoms with Crippen molar-refractivity contribution in [1.29, 1.82) is 0 Å². The molecule has 0 aliphatic carbocycles. The number of aromatic nitrogens is 2. The lowest BCUT2D eigenvalue weighted by molar-refractivity contribution is 0.0706. The third-order valence-electron chi connectivity index (χ3n) is 4.93. The van der Waals surface area contributed by atoms with Crippen molar-refractivity contribution in [2.45, 2.75) is 18.8 Å². The lowest BCUT2D eigenvalue weighted by Gasteiger charge is -2.32. The molecule has 3 aromatic rings. The van der Waals surface area contributed by atoms with Gasteiger partial charge in [0.1, 0.15) is 5.82 Å². The monoisotopic (exact) mass is 361 g/mol. The van der Waals surface area contributed by atoms with Gasteiger partial charge >= 0.3 is 0 Å². The average molecular weight is 361 g/mol. The topological polar surface area (TPSA) is 46.1 Å². The molecule has 2 aromatic carbocycles. The summed E-state index contributed by atoms with van der Waals surface area (Å²) in [4.78, 5) is 23.7. The molecule has 27 heavy (non-hydrogen) atoms. The van der Waals surface area contributed by atoms with Crippen LogP contribution in [0, 0.1) is 5.82 Å². The number of carbonyl (C=O) groups excluding carboxylic acids is 1. The Hall–Kier alpha value is -3.08. The summed E-state index contributed by atoms with van der Waals surface area (Å²) >= 11 is 0. The van der Waals surface area contributed by atoms with E-state index in [9.17, 15) is 9.18 Å². The van der Waals surface area contributed by atoms with E-state index in [-0.39, 0.29) is 17.6 Å². The fourth-order valence-corrected chi connectivity index (χ4v) is 3.50. The van der Waals surface area contributed by atoms with Crippen LogP contribution in [0.2, 0.25) is 0 Å². The van der Waals surface area contributed by atoms with Crippen LogP contribution in [0.3, 0.4) is 0 Å². The molecule has 1 atom stereocenters. The van der Waals surface area contributed by atoms with Crippen molar-refractivity contribution in [3.05, 3.63) is 83.9 Å². The number of nitrogens with zero attached hydrogens (tertiary/aromatic N) is 3. The van der Waals surface area contributed by atoms with Gasteiger partial charge in [0, 0.05) is 42.0 Å². The van der Waals surface area contributed by atoms with Gasteiger partial charge in [0.2, 0.25) is 0 Å². The third-order valence-corrected chi connectivity index (χ3v) is 4.93. The number of likely N-dealkylation sites (tertiary alicyclic amines) is 1. The van der Waals surface area contributed by atoms with E-state index in [1.165, 1.54) is 12.1 Å². The van der Waals surface area contributed by atoms with Gasteiger partial charge in [0.05, 0.1) is 0 Å². The van der Waals surface area contributed by atoms with Gasteiger partial charge < -0.3 is 4.90 Å². The first-order valence-corrected chi connectivity index (χ1v) is 9.14. The maximum atomic E-state index is 13.2. The normalized spacial score (nSPS) is 16.9. The van der Waals surface area contributed by atoms with E-state index in [4.69, 9.17) is 4.98 Å². The summed E-state index contributed by atoms with van der Waals surface area (Å²) < 4.78 is 13.2. The molecule has 0 spiro atoms. The van der Waals surface area contributed by atoms with Crippen LogP contribution in [0.5, 0.6) is 0 Å². The van der Waals surface area contributed by atoms with Crippen molar-refractivity contribution in [1.82, 2.24) is 14.9 Å². The highest BCUT2D eigenvalue weighted by atomic mass is 19.1. The Balaban J connectivity index is 1.54. The molecule has 2 heterocycles. The molecule has 4 rings (SSSR count). The summed E-state index contributed by atoms with van der Waals surface area (Å²) in [6.45, 7) is 1.41. The van der Waals surface area contributed by atoms with Crippen LogP contribution in [-0.4, -0.2) is 33.9 Å². The minimum Gasteiger partial charge on any atom is -0.338 e. The molecular formula is C22H20FN3O. The van der Waals surface area contributed by atoms with Crippen LogP contribution in [0.4, 0.5) is 4.39 Å². The fourth-order valence-electron chi connectivity index (χ4n) is 3.50. The second-order valence-electron chi connectivity index (χ2n) is 6.77. The number of hydrogen-bond donors (Lipinski definition) is 0. The maximum absolute atomic E-state index is 13.2. The standard InChI is InChI=1S/C22H20FN3O/c23-19-10-8-16(9-11-19)21-24-13-12-20(25-21)18-7-4-14-26(15-18)22(27)17-5-2-1-3-6-17/h1-3,5-6,8-13,18H,4,7,14-15H2. The lowest BCUT2D eigenvalue weighted by Crippen LogP contribution is -2.39. The Labute approximate surface area is 157 Å². The van der Waals surface area contributed by atoms with Crippen LogP contribution in [0.25, 0.3) is 11.4 Å². The summed E-state index contributed by atoms with van der Waals surface area (Å²) in [5.74, 6) is 0.540. The Bertz CT molecular complexity index is 928. The van der Waals surface area contributed by atoms with Crippen molar-refractivity contribution in [2.24, 2.45) is 0 Å². The van der Waals surface area contributed by atoms with E-state index in [1.54, 1.807) is 18.3 Å². The highest BCUT2D eigenvalue weighted by molar-refractivity contribution is 5.94. The minimum absolute atomic E-state index is 0.0631. The first-order valence-electron chi connectivity index (χ1n) is 9.14. The molecular weight excluding hydrogens is 341 g/mol. The molecule has 1 aliphatic rings. The van der Waals surface area contributed by atoms with Crippen LogP contribution in [0.1, 0.15) is 34.8 Å². The zero-order chi connectivity index (χ0) is 18.6. The molecule has 0 radical (unpaired) electrons. The molecule has 5 heteroatoms. The Morgan fingerprint density at radius 2 is 1.81 bits per heavy atom. The van der Waals surface area contributed by atoms with Crippen molar-refractivity contribution in [3.63, 3.8) is 0 Å². The average Bonchev–Trinajstić information content (AvgIpc) is 2.74. The summed E-state index contributed by atoms with van der Waals surface area (Å²) in [5, 5.41) is 0. The van der Waals surface area contributed by atoms with E-state index in [0.717, 1.165) is 30.6 Å². The molecule has 1 aliphatic heterocycles. The first kappa shape index (κ1) is 17.3. The van der Waals surface area contributed by atoms with Gasteiger partial charge in [0.15, 0.2) is 5.82 Å². The SMILES string of the molecule is O=C(c1ccccc1)N1CCCC(c2ccnc(-c3ccc(F)cc3)n2)C1. The Kier molecular flexibility index (Phi) is 4.92. The number of halogens is 1. The van der Waals surface area contributed by atoms with Gasteiger partial charge in [-0.2, -0.15) is 0 Å². The molecule has 1 fully saturated rings. The smallest absolute Gasteiger partial charge is 0.253 e. The second-order valence-corrected chi connectivity index (χ2v) is 6.77. The van der Waals surface area contributed by atoms with Gasteiger partial charge in [-0.25, -0.2) is 14.4 Å². The molecule has 0 bridgehead atoms. The number of benzene rings is 2. The predicted octanol–water partition coefficient (Wildman–Crippen LogP) is 4.30. The predicted molar refractivity (Wildman–Crippen MR) is 102 cm³/mol. The molecule has 1 saturated heterocycles. The maximum Gasteiger partial charge on any atom is 0.253 e. The van der Waals surface area contributed by atoms with E-state index < -0.39 is 0 Å². The number of piperidine rings is 1. The molecule has 1 aromatic heterocycles. The summed E-state index contributed by atoms with van der Waals surface area (Å²) in [5.41, 5.74) is 2.43. The summed E-state index contributed by atoms with van der Waals surface area (Å²) in [6, 6.07) is 17.5. The van der Waals surface area contributed by atoms with E-state index >= 15 is 0 Å². The molecule has 136 valence electrons. The number of carbonyl (C=O) groups is 1. The van der Waals surface area contributed by atoms with Crippen molar-refractivity contribution < 1.29 is 9.18 Å². The van der Waals surface area contributed by atoms with Crippen molar-refractivity contribution in [3.8, 4) is 11.4 Å². The number of hydrogen-bond acceptors (Lipinski definition) is 3. The van der Waals surface area contributed by atoms with Gasteiger partial charge in [-0.3, -0.25) is 4.79 Å². The summed E-state index contributed by atoms with van der Waals surface area (Å²) in [7, 11) is 0. The van der Waals surface area contributed by atoms with E-state index in [0.29, 0.717) is 17.9 Å². The first-order chi connectivity index (χ1) is 13.2. The third kappa shape index (κ3) is 3.87. The molecule has 4 nitrogen and oxygen atoms in total. The molecule has 1 unspecified atom stereocenters.